The molecule has 0 saturated carbocycles. The quantitative estimate of drug-likeness (QED) is 0.871. The van der Waals surface area contributed by atoms with Gasteiger partial charge in [0.15, 0.2) is 0 Å². The number of carbonyl (C=O) groups excluding carboxylic acids is 2. The van der Waals surface area contributed by atoms with Crippen molar-refractivity contribution in [2.24, 2.45) is 0 Å². The van der Waals surface area contributed by atoms with Crippen molar-refractivity contribution in [2.45, 2.75) is 13.0 Å². The van der Waals surface area contributed by atoms with E-state index in [2.05, 4.69) is 10.1 Å². The maximum atomic E-state index is 13.4. The first-order valence-electron chi connectivity index (χ1n) is 5.50. The van der Waals surface area contributed by atoms with Crippen LogP contribution in [-0.4, -0.2) is 25.7 Å². The first-order valence-corrected chi connectivity index (χ1v) is 5.50. The number of alkyl carbamates (subject to hydrolysis) is 1. The van der Waals surface area contributed by atoms with Gasteiger partial charge >= 0.3 is 6.09 Å². The number of amides is 2. The van der Waals surface area contributed by atoms with Gasteiger partial charge in [0.05, 0.1) is 13.7 Å². The number of carbonyl (C=O) groups is 2. The molecular formula is C12H14F2N2O3. The van der Waals surface area contributed by atoms with Crippen LogP contribution < -0.4 is 10.6 Å². The molecule has 0 heterocycles. The van der Waals surface area contributed by atoms with Crippen LogP contribution in [0.15, 0.2) is 18.2 Å². The molecule has 0 saturated heterocycles. The van der Waals surface area contributed by atoms with Crippen molar-refractivity contribution >= 4 is 12.0 Å². The van der Waals surface area contributed by atoms with Crippen LogP contribution in [0.25, 0.3) is 0 Å². The molecule has 19 heavy (non-hydrogen) atoms. The predicted molar refractivity (Wildman–Crippen MR) is 63.3 cm³/mol. The highest BCUT2D eigenvalue weighted by Crippen LogP contribution is 2.17. The lowest BCUT2D eigenvalue weighted by Crippen LogP contribution is -2.38. The molecular weight excluding hydrogens is 258 g/mol. The summed E-state index contributed by atoms with van der Waals surface area (Å²) in [6, 6.07) is 2.68. The van der Waals surface area contributed by atoms with E-state index in [0.717, 1.165) is 19.2 Å². The highest BCUT2D eigenvalue weighted by atomic mass is 19.1. The van der Waals surface area contributed by atoms with Gasteiger partial charge in [-0.1, -0.05) is 6.07 Å². The largest absolute Gasteiger partial charge is 0.453 e. The summed E-state index contributed by atoms with van der Waals surface area (Å²) < 4.78 is 30.4. The summed E-state index contributed by atoms with van der Waals surface area (Å²) in [7, 11) is 1.13. The van der Waals surface area contributed by atoms with Crippen LogP contribution in [0.2, 0.25) is 0 Å². The minimum absolute atomic E-state index is 0.201. The first-order chi connectivity index (χ1) is 8.93. The Balaban J connectivity index is 2.53. The lowest BCUT2D eigenvalue weighted by Gasteiger charge is -2.14. The van der Waals surface area contributed by atoms with Gasteiger partial charge in [0.2, 0.25) is 5.91 Å². The van der Waals surface area contributed by atoms with E-state index >= 15 is 0 Å². The van der Waals surface area contributed by atoms with Crippen molar-refractivity contribution in [2.75, 3.05) is 13.7 Å². The molecule has 1 aromatic rings. The third-order valence-corrected chi connectivity index (χ3v) is 2.42. The van der Waals surface area contributed by atoms with E-state index in [1.807, 2.05) is 5.32 Å². The van der Waals surface area contributed by atoms with Gasteiger partial charge in [0.1, 0.15) is 11.6 Å². The van der Waals surface area contributed by atoms with Gasteiger partial charge < -0.3 is 10.1 Å². The van der Waals surface area contributed by atoms with Crippen molar-refractivity contribution < 1.29 is 23.1 Å². The third-order valence-electron chi connectivity index (χ3n) is 2.42. The molecule has 0 bridgehead atoms. The minimum atomic E-state index is -0.868. The molecule has 0 spiro atoms. The lowest BCUT2D eigenvalue weighted by atomic mass is 10.1. The molecule has 1 aromatic carbocycles. The summed E-state index contributed by atoms with van der Waals surface area (Å²) in [4.78, 5) is 22.0. The molecule has 1 atom stereocenters. The molecule has 0 unspecified atom stereocenters. The normalized spacial score (nSPS) is 11.8. The standard InChI is InChI=1S/C12H14F2N2O3/c1-7(9-4-3-8(13)5-10(9)14)15-6-11(17)16-12(18)19-2/h3-5,7,15H,6H2,1-2H3,(H,16,17,18)/t7-/m1/s1. The fourth-order valence-corrected chi connectivity index (χ4v) is 1.42. The second-order valence-electron chi connectivity index (χ2n) is 3.81. The zero-order valence-corrected chi connectivity index (χ0v) is 10.5. The maximum Gasteiger partial charge on any atom is 0.413 e. The molecule has 1 rings (SSSR count). The summed E-state index contributed by atoms with van der Waals surface area (Å²) >= 11 is 0. The molecule has 0 radical (unpaired) electrons. The van der Waals surface area contributed by atoms with E-state index in [1.165, 1.54) is 6.07 Å². The average molecular weight is 272 g/mol. The number of ether oxygens (including phenoxy) is 1. The van der Waals surface area contributed by atoms with Gasteiger partial charge in [0, 0.05) is 17.7 Å². The van der Waals surface area contributed by atoms with Crippen LogP contribution >= 0.6 is 0 Å². The maximum absolute atomic E-state index is 13.4. The number of nitrogens with one attached hydrogen (secondary N) is 2. The second kappa shape index (κ2) is 6.79. The molecule has 2 N–H and O–H groups in total. The summed E-state index contributed by atoms with van der Waals surface area (Å²) in [6.45, 7) is 1.41. The summed E-state index contributed by atoms with van der Waals surface area (Å²) in [5.74, 6) is -1.98. The Kier molecular flexibility index (Phi) is 5.37. The fourth-order valence-electron chi connectivity index (χ4n) is 1.42. The topological polar surface area (TPSA) is 67.4 Å². The van der Waals surface area contributed by atoms with E-state index in [1.54, 1.807) is 6.92 Å². The van der Waals surface area contributed by atoms with Crippen LogP contribution in [0.4, 0.5) is 13.6 Å². The lowest BCUT2D eigenvalue weighted by molar-refractivity contribution is -0.119. The van der Waals surface area contributed by atoms with Crippen LogP contribution in [0.1, 0.15) is 18.5 Å². The fraction of sp³-hybridized carbons (Fsp3) is 0.333. The van der Waals surface area contributed by atoms with Crippen molar-refractivity contribution in [3.05, 3.63) is 35.4 Å². The van der Waals surface area contributed by atoms with Crippen LogP contribution in [0, 0.1) is 11.6 Å². The van der Waals surface area contributed by atoms with Gasteiger partial charge in [-0.15, -0.1) is 0 Å². The number of halogens is 2. The zero-order valence-electron chi connectivity index (χ0n) is 10.5. The molecule has 0 aliphatic rings. The minimum Gasteiger partial charge on any atom is -0.453 e. The molecule has 5 nitrogen and oxygen atoms in total. The zero-order chi connectivity index (χ0) is 14.4. The molecule has 7 heteroatoms. The molecule has 104 valence electrons. The Labute approximate surface area is 108 Å². The van der Waals surface area contributed by atoms with E-state index in [0.29, 0.717) is 0 Å². The number of imide groups is 1. The Morgan fingerprint density at radius 3 is 2.63 bits per heavy atom. The molecule has 2 amide bonds. The van der Waals surface area contributed by atoms with Crippen LogP contribution in [-0.2, 0) is 9.53 Å². The van der Waals surface area contributed by atoms with Crippen molar-refractivity contribution in [3.8, 4) is 0 Å². The number of rotatable bonds is 4. The molecule has 0 fully saturated rings. The van der Waals surface area contributed by atoms with Crippen LogP contribution in [0.5, 0.6) is 0 Å². The van der Waals surface area contributed by atoms with E-state index in [9.17, 15) is 18.4 Å². The van der Waals surface area contributed by atoms with Crippen LogP contribution in [0.3, 0.4) is 0 Å². The van der Waals surface area contributed by atoms with Crippen molar-refractivity contribution in [3.63, 3.8) is 0 Å². The predicted octanol–water partition coefficient (Wildman–Crippen LogP) is 1.50. The molecule has 0 aliphatic heterocycles. The van der Waals surface area contributed by atoms with Crippen molar-refractivity contribution in [1.29, 1.82) is 0 Å². The highest BCUT2D eigenvalue weighted by molar-refractivity contribution is 5.92. The molecule has 0 aliphatic carbocycles. The van der Waals surface area contributed by atoms with Gasteiger partial charge in [-0.25, -0.2) is 13.6 Å². The van der Waals surface area contributed by atoms with E-state index < -0.39 is 29.7 Å². The van der Waals surface area contributed by atoms with Gasteiger partial charge in [-0.05, 0) is 13.0 Å². The second-order valence-corrected chi connectivity index (χ2v) is 3.81. The number of methoxy groups -OCH3 is 1. The van der Waals surface area contributed by atoms with Gasteiger partial charge in [-0.3, -0.25) is 10.1 Å². The number of hydrogen-bond donors (Lipinski definition) is 2. The first kappa shape index (κ1) is 15.0. The number of hydrogen-bond acceptors (Lipinski definition) is 4. The Morgan fingerprint density at radius 2 is 2.05 bits per heavy atom. The smallest absolute Gasteiger partial charge is 0.413 e. The Hall–Kier alpha value is -2.02. The summed E-state index contributed by atoms with van der Waals surface area (Å²) in [6.07, 6.45) is -0.868. The SMILES string of the molecule is COC(=O)NC(=O)CN[C@H](C)c1ccc(F)cc1F. The summed E-state index contributed by atoms with van der Waals surface area (Å²) in [5.41, 5.74) is 0.229. The van der Waals surface area contributed by atoms with E-state index in [4.69, 9.17) is 0 Å². The number of benzene rings is 1. The highest BCUT2D eigenvalue weighted by Gasteiger charge is 2.13. The monoisotopic (exact) mass is 272 g/mol. The molecule has 0 aromatic heterocycles. The van der Waals surface area contributed by atoms with E-state index in [-0.39, 0.29) is 12.1 Å². The van der Waals surface area contributed by atoms with Gasteiger partial charge in [-0.2, -0.15) is 0 Å². The summed E-state index contributed by atoms with van der Waals surface area (Å²) in [5, 5.41) is 4.65. The van der Waals surface area contributed by atoms with Crippen molar-refractivity contribution in [1.82, 2.24) is 10.6 Å². The Bertz CT molecular complexity index is 480. The van der Waals surface area contributed by atoms with Gasteiger partial charge in [0.25, 0.3) is 0 Å². The third kappa shape index (κ3) is 4.63. The Morgan fingerprint density at radius 1 is 1.37 bits per heavy atom. The average Bonchev–Trinajstić information content (AvgIpc) is 2.35.